The Morgan fingerprint density at radius 1 is 1.26 bits per heavy atom. The Hall–Kier alpha value is -1.56. The number of aromatic nitrogens is 2. The molecule has 0 saturated carbocycles. The van der Waals surface area contributed by atoms with Gasteiger partial charge in [0.1, 0.15) is 0 Å². The fourth-order valence-corrected chi connectivity index (χ4v) is 3.63. The predicted molar refractivity (Wildman–Crippen MR) is 112 cm³/mol. The number of hydrogen-bond donors (Lipinski definition) is 2. The number of hydrogen-bond acceptors (Lipinski definition) is 3. The monoisotopic (exact) mass is 410 g/mol. The predicted octanol–water partition coefficient (Wildman–Crippen LogP) is 3.61. The number of amides is 1. The van der Waals surface area contributed by atoms with Crippen molar-refractivity contribution in [1.82, 2.24) is 20.4 Å². The third kappa shape index (κ3) is 5.24. The Kier molecular flexibility index (Phi) is 7.32. The highest BCUT2D eigenvalue weighted by Crippen LogP contribution is 2.27. The van der Waals surface area contributed by atoms with Gasteiger partial charge in [0.05, 0.1) is 17.8 Å². The fourth-order valence-electron chi connectivity index (χ4n) is 3.51. The van der Waals surface area contributed by atoms with Gasteiger partial charge in [-0.05, 0) is 69.5 Å². The number of carbonyl (C=O) groups excluding carboxylic acids is 1. The molecule has 1 fully saturated rings. The average molecular weight is 411 g/mol. The standard InChI is InChI=1S/C20H27ClN4O.ClH/c1-14-18(12-19(26)23-13-20(3)8-10-22-11-9-20)15(2)25(24-14)17-6-4-16(21)5-7-17;/h4-7,22H,8-13H2,1-3H3,(H,23,26);1H. The van der Waals surface area contributed by atoms with Crippen molar-refractivity contribution in [3.8, 4) is 5.69 Å². The third-order valence-electron chi connectivity index (χ3n) is 5.37. The van der Waals surface area contributed by atoms with E-state index in [9.17, 15) is 4.79 Å². The van der Waals surface area contributed by atoms with E-state index >= 15 is 0 Å². The van der Waals surface area contributed by atoms with Crippen LogP contribution in [0, 0.1) is 19.3 Å². The molecule has 0 atom stereocenters. The van der Waals surface area contributed by atoms with Crippen molar-refractivity contribution in [3.63, 3.8) is 0 Å². The van der Waals surface area contributed by atoms with E-state index in [-0.39, 0.29) is 23.7 Å². The second-order valence-electron chi connectivity index (χ2n) is 7.55. The van der Waals surface area contributed by atoms with Gasteiger partial charge in [-0.3, -0.25) is 4.79 Å². The van der Waals surface area contributed by atoms with Gasteiger partial charge in [0.15, 0.2) is 0 Å². The van der Waals surface area contributed by atoms with Gasteiger partial charge in [0, 0.05) is 22.8 Å². The average Bonchev–Trinajstić information content (AvgIpc) is 2.90. The maximum absolute atomic E-state index is 12.5. The quantitative estimate of drug-likeness (QED) is 0.790. The second-order valence-corrected chi connectivity index (χ2v) is 7.99. The van der Waals surface area contributed by atoms with Gasteiger partial charge < -0.3 is 10.6 Å². The molecular formula is C20H28Cl2N4O. The molecule has 1 saturated heterocycles. The molecule has 3 rings (SSSR count). The number of nitrogens with zero attached hydrogens (tertiary/aromatic N) is 2. The summed E-state index contributed by atoms with van der Waals surface area (Å²) >= 11 is 5.97. The molecule has 1 aromatic carbocycles. The lowest BCUT2D eigenvalue weighted by Gasteiger charge is -2.34. The normalized spacial score (nSPS) is 15.9. The Morgan fingerprint density at radius 3 is 2.52 bits per heavy atom. The zero-order valence-corrected chi connectivity index (χ0v) is 17.7. The highest BCUT2D eigenvalue weighted by Gasteiger charge is 2.27. The maximum Gasteiger partial charge on any atom is 0.224 e. The van der Waals surface area contributed by atoms with E-state index in [1.54, 1.807) is 0 Å². The number of nitrogens with one attached hydrogen (secondary N) is 2. The van der Waals surface area contributed by atoms with E-state index in [0.29, 0.717) is 11.4 Å². The van der Waals surface area contributed by atoms with Crippen LogP contribution in [0.3, 0.4) is 0 Å². The lowest BCUT2D eigenvalue weighted by Crippen LogP contribution is -2.43. The zero-order valence-electron chi connectivity index (χ0n) is 16.1. The van der Waals surface area contributed by atoms with Crippen LogP contribution in [0.4, 0.5) is 0 Å². The first kappa shape index (κ1) is 21.7. The van der Waals surface area contributed by atoms with Crippen molar-refractivity contribution < 1.29 is 4.79 Å². The second kappa shape index (κ2) is 9.09. The number of rotatable bonds is 5. The summed E-state index contributed by atoms with van der Waals surface area (Å²) in [6.07, 6.45) is 2.55. The lowest BCUT2D eigenvalue weighted by molar-refractivity contribution is -0.121. The highest BCUT2D eigenvalue weighted by atomic mass is 35.5. The van der Waals surface area contributed by atoms with E-state index in [4.69, 9.17) is 11.6 Å². The first-order chi connectivity index (χ1) is 12.4. The highest BCUT2D eigenvalue weighted by molar-refractivity contribution is 6.30. The molecule has 0 radical (unpaired) electrons. The Morgan fingerprint density at radius 2 is 1.89 bits per heavy atom. The molecule has 7 heteroatoms. The summed E-state index contributed by atoms with van der Waals surface area (Å²) in [5.74, 6) is 0.0617. The van der Waals surface area contributed by atoms with Crippen molar-refractivity contribution in [3.05, 3.63) is 46.2 Å². The topological polar surface area (TPSA) is 59.0 Å². The molecule has 27 heavy (non-hydrogen) atoms. The van der Waals surface area contributed by atoms with Crippen LogP contribution >= 0.6 is 24.0 Å². The molecule has 1 aliphatic heterocycles. The van der Waals surface area contributed by atoms with E-state index in [1.165, 1.54) is 0 Å². The molecule has 1 aliphatic rings. The molecule has 0 bridgehead atoms. The van der Waals surface area contributed by atoms with E-state index < -0.39 is 0 Å². The van der Waals surface area contributed by atoms with E-state index in [1.807, 2.05) is 42.8 Å². The Bertz CT molecular complexity index is 780. The summed E-state index contributed by atoms with van der Waals surface area (Å²) in [6, 6.07) is 7.56. The molecule has 1 aromatic heterocycles. The van der Waals surface area contributed by atoms with Crippen molar-refractivity contribution in [2.24, 2.45) is 5.41 Å². The largest absolute Gasteiger partial charge is 0.355 e. The zero-order chi connectivity index (χ0) is 18.7. The van der Waals surface area contributed by atoms with Gasteiger partial charge in [-0.2, -0.15) is 5.10 Å². The van der Waals surface area contributed by atoms with Crippen molar-refractivity contribution in [2.75, 3.05) is 19.6 Å². The summed E-state index contributed by atoms with van der Waals surface area (Å²) in [7, 11) is 0. The van der Waals surface area contributed by atoms with Crippen LogP contribution in [0.5, 0.6) is 0 Å². The van der Waals surface area contributed by atoms with Crippen LogP contribution in [0.25, 0.3) is 5.69 Å². The minimum absolute atomic E-state index is 0. The molecule has 2 N–H and O–H groups in total. The molecule has 0 aliphatic carbocycles. The van der Waals surface area contributed by atoms with E-state index in [0.717, 1.165) is 55.1 Å². The summed E-state index contributed by atoms with van der Waals surface area (Å²) in [5, 5.41) is 11.8. The van der Waals surface area contributed by atoms with Crippen LogP contribution < -0.4 is 10.6 Å². The van der Waals surface area contributed by atoms with Crippen LogP contribution in [0.15, 0.2) is 24.3 Å². The number of piperidine rings is 1. The lowest BCUT2D eigenvalue weighted by atomic mass is 9.81. The number of halogens is 2. The molecule has 0 spiro atoms. The van der Waals surface area contributed by atoms with Gasteiger partial charge in [-0.15, -0.1) is 12.4 Å². The minimum atomic E-state index is 0. The summed E-state index contributed by atoms with van der Waals surface area (Å²) in [5.41, 5.74) is 4.02. The van der Waals surface area contributed by atoms with Crippen LogP contribution in [-0.4, -0.2) is 35.3 Å². The smallest absolute Gasteiger partial charge is 0.224 e. The summed E-state index contributed by atoms with van der Waals surface area (Å²) < 4.78 is 1.88. The van der Waals surface area contributed by atoms with Crippen molar-refractivity contribution in [1.29, 1.82) is 0 Å². The van der Waals surface area contributed by atoms with Gasteiger partial charge in [0.25, 0.3) is 0 Å². The number of carbonyl (C=O) groups is 1. The molecular weight excluding hydrogens is 383 g/mol. The summed E-state index contributed by atoms with van der Waals surface area (Å²) in [6.45, 7) is 9.00. The van der Waals surface area contributed by atoms with Crippen LogP contribution in [-0.2, 0) is 11.2 Å². The van der Waals surface area contributed by atoms with Gasteiger partial charge in [0.2, 0.25) is 5.91 Å². The van der Waals surface area contributed by atoms with Gasteiger partial charge >= 0.3 is 0 Å². The van der Waals surface area contributed by atoms with Gasteiger partial charge in [-0.25, -0.2) is 4.68 Å². The number of benzene rings is 1. The van der Waals surface area contributed by atoms with Crippen LogP contribution in [0.2, 0.25) is 5.02 Å². The first-order valence-electron chi connectivity index (χ1n) is 9.16. The van der Waals surface area contributed by atoms with E-state index in [2.05, 4.69) is 22.7 Å². The van der Waals surface area contributed by atoms with Crippen LogP contribution in [0.1, 0.15) is 36.7 Å². The SMILES string of the molecule is Cc1nn(-c2ccc(Cl)cc2)c(C)c1CC(=O)NCC1(C)CCNCC1.Cl. The molecule has 5 nitrogen and oxygen atoms in total. The minimum Gasteiger partial charge on any atom is -0.355 e. The van der Waals surface area contributed by atoms with Crippen molar-refractivity contribution in [2.45, 2.75) is 40.0 Å². The molecule has 2 aromatic rings. The first-order valence-corrected chi connectivity index (χ1v) is 9.54. The molecule has 0 unspecified atom stereocenters. The van der Waals surface area contributed by atoms with Gasteiger partial charge in [-0.1, -0.05) is 18.5 Å². The summed E-state index contributed by atoms with van der Waals surface area (Å²) in [4.78, 5) is 12.5. The number of aryl methyl sites for hydroxylation is 1. The molecule has 148 valence electrons. The Balaban J connectivity index is 0.00000261. The maximum atomic E-state index is 12.5. The molecule has 2 heterocycles. The fraction of sp³-hybridized carbons (Fsp3) is 0.500. The third-order valence-corrected chi connectivity index (χ3v) is 5.62. The molecule has 1 amide bonds. The van der Waals surface area contributed by atoms with Crippen molar-refractivity contribution >= 4 is 29.9 Å². The Labute approximate surface area is 172 Å².